The zero-order chi connectivity index (χ0) is 24.9. The molecule has 0 bridgehead atoms. The quantitative estimate of drug-likeness (QED) is 0.317. The van der Waals surface area contributed by atoms with Gasteiger partial charge in [-0.15, -0.1) is 5.10 Å². The van der Waals surface area contributed by atoms with Crippen molar-refractivity contribution in [2.24, 2.45) is 0 Å². The van der Waals surface area contributed by atoms with Gasteiger partial charge in [0.1, 0.15) is 17.9 Å². The maximum atomic E-state index is 14.7. The fourth-order valence-corrected chi connectivity index (χ4v) is 5.16. The van der Waals surface area contributed by atoms with Crippen LogP contribution in [0.2, 0.25) is 0 Å². The summed E-state index contributed by atoms with van der Waals surface area (Å²) in [4.78, 5) is 25.9. The maximum Gasteiger partial charge on any atom is 0.333 e. The second kappa shape index (κ2) is 9.22. The number of aryl methyl sites for hydroxylation is 1. The molecule has 10 nitrogen and oxygen atoms in total. The predicted molar refractivity (Wildman–Crippen MR) is 131 cm³/mol. The molecule has 0 spiro atoms. The molecule has 3 aromatic rings. The monoisotopic (exact) mass is 597 g/mol. The lowest BCUT2D eigenvalue weighted by Crippen LogP contribution is -2.45. The zero-order valence-electron chi connectivity index (χ0n) is 19.4. The molecule has 0 aliphatic carbocycles. The van der Waals surface area contributed by atoms with Gasteiger partial charge < -0.3 is 14.2 Å². The molecule has 4 heterocycles. The Hall–Kier alpha value is -2.42. The highest BCUT2D eigenvalue weighted by molar-refractivity contribution is 14.1. The van der Waals surface area contributed by atoms with Crippen LogP contribution in [0.3, 0.4) is 0 Å². The van der Waals surface area contributed by atoms with Crippen LogP contribution in [0.15, 0.2) is 46.2 Å². The van der Waals surface area contributed by atoms with E-state index in [-0.39, 0.29) is 12.6 Å². The minimum atomic E-state index is -1.08. The number of halogens is 2. The number of fused-ring (bicyclic) bond motifs is 1. The van der Waals surface area contributed by atoms with Crippen molar-refractivity contribution >= 4 is 22.6 Å². The second-order valence-electron chi connectivity index (χ2n) is 9.24. The van der Waals surface area contributed by atoms with Crippen LogP contribution in [0.4, 0.5) is 4.39 Å². The number of hydrogen-bond acceptors (Lipinski definition) is 7. The fourth-order valence-electron chi connectivity index (χ4n) is 4.45. The standard InChI is InChI=1S/C23H25FIN5O5/c1-13-4-6-14(7-5-13)9-28-10-15(26-27-28)11-29-20(31)16(24)12-30(22(29)32)21-19-18(17(8-25)33-21)34-23(2,3)35-19/h4-7,10,12,17-19,21H,8-9,11H2,1-3H3. The molecule has 186 valence electrons. The Balaban J connectivity index is 1.43. The van der Waals surface area contributed by atoms with E-state index in [2.05, 4.69) is 32.9 Å². The van der Waals surface area contributed by atoms with E-state index in [0.29, 0.717) is 16.7 Å². The number of aromatic nitrogens is 5. The van der Waals surface area contributed by atoms with E-state index >= 15 is 0 Å². The first-order valence-corrected chi connectivity index (χ1v) is 12.7. The van der Waals surface area contributed by atoms with Gasteiger partial charge in [-0.25, -0.2) is 9.48 Å². The van der Waals surface area contributed by atoms with Crippen molar-refractivity contribution in [1.82, 2.24) is 24.1 Å². The SMILES string of the molecule is Cc1ccc(Cn2cc(Cn3c(=O)c(F)cn(C4OC(CI)C5OC(C)(C)OC54)c3=O)nn2)cc1. The lowest BCUT2D eigenvalue weighted by molar-refractivity contribution is -0.194. The van der Waals surface area contributed by atoms with Crippen molar-refractivity contribution in [2.45, 2.75) is 64.2 Å². The van der Waals surface area contributed by atoms with Gasteiger partial charge >= 0.3 is 5.69 Å². The highest BCUT2D eigenvalue weighted by atomic mass is 127. The molecule has 2 fully saturated rings. The number of alkyl halides is 1. The Morgan fingerprint density at radius 3 is 2.51 bits per heavy atom. The van der Waals surface area contributed by atoms with Gasteiger partial charge in [-0.05, 0) is 26.3 Å². The van der Waals surface area contributed by atoms with Gasteiger partial charge in [0.25, 0.3) is 5.56 Å². The van der Waals surface area contributed by atoms with Crippen molar-refractivity contribution in [2.75, 3.05) is 4.43 Å². The summed E-state index contributed by atoms with van der Waals surface area (Å²) in [6.45, 7) is 5.79. The van der Waals surface area contributed by atoms with E-state index < -0.39 is 41.3 Å². The highest BCUT2D eigenvalue weighted by Crippen LogP contribution is 2.43. The van der Waals surface area contributed by atoms with Crippen molar-refractivity contribution in [3.8, 4) is 0 Å². The van der Waals surface area contributed by atoms with Crippen LogP contribution in [-0.2, 0) is 27.3 Å². The van der Waals surface area contributed by atoms with Crippen LogP contribution >= 0.6 is 22.6 Å². The summed E-state index contributed by atoms with van der Waals surface area (Å²) in [5.41, 5.74) is 0.761. The van der Waals surface area contributed by atoms with Gasteiger partial charge in [-0.2, -0.15) is 4.39 Å². The Bertz CT molecular complexity index is 1350. The van der Waals surface area contributed by atoms with Crippen LogP contribution in [0.25, 0.3) is 0 Å². The van der Waals surface area contributed by atoms with Gasteiger partial charge in [0.05, 0.1) is 31.6 Å². The van der Waals surface area contributed by atoms with Crippen LogP contribution < -0.4 is 11.2 Å². The van der Waals surface area contributed by atoms with E-state index in [1.807, 2.05) is 31.2 Å². The Labute approximate surface area is 213 Å². The van der Waals surface area contributed by atoms with Crippen molar-refractivity contribution in [3.63, 3.8) is 0 Å². The third-order valence-corrected chi connectivity index (χ3v) is 6.94. The minimum Gasteiger partial charge on any atom is -0.348 e. The average molecular weight is 597 g/mol. The zero-order valence-corrected chi connectivity index (χ0v) is 21.6. The number of rotatable bonds is 6. The molecule has 4 atom stereocenters. The summed E-state index contributed by atoms with van der Waals surface area (Å²) in [6.07, 6.45) is 0.191. The molecule has 5 rings (SSSR count). The van der Waals surface area contributed by atoms with Crippen LogP contribution in [-0.4, -0.2) is 52.7 Å². The molecule has 0 radical (unpaired) electrons. The van der Waals surface area contributed by atoms with Gasteiger partial charge in [-0.1, -0.05) is 57.6 Å². The molecular formula is C23H25FIN5O5. The van der Waals surface area contributed by atoms with E-state index in [1.54, 1.807) is 24.7 Å². The van der Waals surface area contributed by atoms with Gasteiger partial charge in [0, 0.05) is 4.43 Å². The van der Waals surface area contributed by atoms with Gasteiger partial charge in [0.15, 0.2) is 12.0 Å². The molecular weight excluding hydrogens is 572 g/mol. The van der Waals surface area contributed by atoms with E-state index in [4.69, 9.17) is 14.2 Å². The van der Waals surface area contributed by atoms with Crippen LogP contribution in [0, 0.1) is 12.7 Å². The van der Waals surface area contributed by atoms with Crippen molar-refractivity contribution < 1.29 is 18.6 Å². The summed E-state index contributed by atoms with van der Waals surface area (Å²) in [6, 6.07) is 7.97. The lowest BCUT2D eigenvalue weighted by atomic mass is 10.1. The topological polar surface area (TPSA) is 102 Å². The van der Waals surface area contributed by atoms with Crippen LogP contribution in [0.1, 0.15) is 36.9 Å². The Morgan fingerprint density at radius 2 is 1.80 bits per heavy atom. The molecule has 1 aromatic carbocycles. The first-order valence-electron chi connectivity index (χ1n) is 11.2. The minimum absolute atomic E-state index is 0.233. The van der Waals surface area contributed by atoms with Crippen molar-refractivity contribution in [3.05, 3.63) is 80.1 Å². The molecule has 0 N–H and O–H groups in total. The normalized spacial score (nSPS) is 25.2. The number of nitrogens with zero attached hydrogens (tertiary/aromatic N) is 5. The molecule has 0 amide bonds. The summed E-state index contributed by atoms with van der Waals surface area (Å²) < 4.78 is 36.7. The summed E-state index contributed by atoms with van der Waals surface area (Å²) in [7, 11) is 0. The lowest BCUT2D eigenvalue weighted by Gasteiger charge is -2.24. The number of ether oxygens (including phenoxy) is 3. The van der Waals surface area contributed by atoms with E-state index in [9.17, 15) is 14.0 Å². The fraction of sp³-hybridized carbons (Fsp3) is 0.478. The van der Waals surface area contributed by atoms with Gasteiger partial charge in [0.2, 0.25) is 5.82 Å². The Morgan fingerprint density at radius 1 is 1.09 bits per heavy atom. The highest BCUT2D eigenvalue weighted by Gasteiger charge is 2.55. The van der Waals surface area contributed by atoms with Crippen LogP contribution in [0.5, 0.6) is 0 Å². The molecule has 2 aliphatic heterocycles. The molecule has 2 aliphatic rings. The van der Waals surface area contributed by atoms with Crippen molar-refractivity contribution in [1.29, 1.82) is 0 Å². The molecule has 35 heavy (non-hydrogen) atoms. The summed E-state index contributed by atoms with van der Waals surface area (Å²) in [5, 5.41) is 8.15. The second-order valence-corrected chi connectivity index (χ2v) is 10.1. The van der Waals surface area contributed by atoms with E-state index in [1.165, 1.54) is 0 Å². The Kier molecular flexibility index (Phi) is 6.40. The first-order chi connectivity index (χ1) is 16.6. The third-order valence-electron chi connectivity index (χ3n) is 6.08. The number of hydrogen-bond donors (Lipinski definition) is 0. The molecule has 0 saturated carbocycles. The smallest absolute Gasteiger partial charge is 0.333 e. The predicted octanol–water partition coefficient (Wildman–Crippen LogP) is 2.00. The molecule has 2 saturated heterocycles. The maximum absolute atomic E-state index is 14.7. The molecule has 2 aromatic heterocycles. The number of benzene rings is 1. The average Bonchev–Trinajstić information content (AvgIpc) is 3.48. The third kappa shape index (κ3) is 4.71. The molecule has 12 heteroatoms. The largest absolute Gasteiger partial charge is 0.348 e. The molecule has 4 unspecified atom stereocenters. The van der Waals surface area contributed by atoms with E-state index in [0.717, 1.165) is 26.5 Å². The van der Waals surface area contributed by atoms with Gasteiger partial charge in [-0.3, -0.25) is 13.9 Å². The summed E-state index contributed by atoms with van der Waals surface area (Å²) in [5.74, 6) is -1.94. The first kappa shape index (κ1) is 24.3. The summed E-state index contributed by atoms with van der Waals surface area (Å²) >= 11 is 2.17.